The second-order valence-electron chi connectivity index (χ2n) is 5.58. The van der Waals surface area contributed by atoms with Crippen LogP contribution in [0.4, 0.5) is 8.78 Å². The highest BCUT2D eigenvalue weighted by atomic mass is 32.1. The number of amides is 2. The first-order chi connectivity index (χ1) is 11.8. The number of likely N-dealkylation sites (N-methyl/N-ethyl adjacent to an activating group) is 1. The lowest BCUT2D eigenvalue weighted by Gasteiger charge is -2.16. The molecular formula is C16H18F2N4O2S. The van der Waals surface area contributed by atoms with Gasteiger partial charge in [-0.3, -0.25) is 25.3 Å². The molecule has 0 bridgehead atoms. The normalized spacial score (nSPS) is 10.8. The summed E-state index contributed by atoms with van der Waals surface area (Å²) in [5, 5.41) is 2.51. The van der Waals surface area contributed by atoms with Crippen molar-refractivity contribution in [3.8, 4) is 0 Å². The van der Waals surface area contributed by atoms with Gasteiger partial charge in [-0.15, -0.1) is 11.3 Å². The number of aromatic nitrogens is 1. The molecule has 0 saturated heterocycles. The standard InChI is InChI=1S/C16H18F2N4O2S/c1-10-9-25-16(19-10)6-14(23)20-21-15(24)8-22(2)7-11-3-4-12(17)13(18)5-11/h3-5,9H,6-8H2,1-2H3,(H,20,23)(H,21,24). The Morgan fingerprint density at radius 3 is 2.56 bits per heavy atom. The van der Waals surface area contributed by atoms with Gasteiger partial charge in [0.05, 0.1) is 13.0 Å². The minimum atomic E-state index is -0.931. The molecule has 0 saturated carbocycles. The third kappa shape index (κ3) is 6.20. The van der Waals surface area contributed by atoms with E-state index in [9.17, 15) is 18.4 Å². The highest BCUT2D eigenvalue weighted by Crippen LogP contribution is 2.10. The van der Waals surface area contributed by atoms with Crippen LogP contribution in [0.1, 0.15) is 16.3 Å². The number of thiazole rings is 1. The molecule has 0 radical (unpaired) electrons. The summed E-state index contributed by atoms with van der Waals surface area (Å²) in [6.45, 7) is 2.08. The molecule has 1 aromatic carbocycles. The summed E-state index contributed by atoms with van der Waals surface area (Å²) >= 11 is 1.38. The van der Waals surface area contributed by atoms with Crippen LogP contribution in [-0.4, -0.2) is 35.3 Å². The second kappa shape index (κ2) is 8.63. The lowest BCUT2D eigenvalue weighted by molar-refractivity contribution is -0.129. The molecule has 2 N–H and O–H groups in total. The maximum absolute atomic E-state index is 13.2. The van der Waals surface area contributed by atoms with E-state index in [0.717, 1.165) is 17.8 Å². The molecule has 0 aliphatic carbocycles. The monoisotopic (exact) mass is 368 g/mol. The van der Waals surface area contributed by atoms with Crippen molar-refractivity contribution in [2.24, 2.45) is 0 Å². The molecule has 1 aromatic heterocycles. The Hall–Kier alpha value is -2.39. The lowest BCUT2D eigenvalue weighted by atomic mass is 10.2. The fraction of sp³-hybridized carbons (Fsp3) is 0.312. The van der Waals surface area contributed by atoms with Crippen molar-refractivity contribution in [3.05, 3.63) is 51.5 Å². The second-order valence-corrected chi connectivity index (χ2v) is 6.52. The Balaban J connectivity index is 1.73. The number of halogens is 2. The van der Waals surface area contributed by atoms with Gasteiger partial charge in [0.1, 0.15) is 5.01 Å². The van der Waals surface area contributed by atoms with Gasteiger partial charge in [-0.1, -0.05) is 6.07 Å². The summed E-state index contributed by atoms with van der Waals surface area (Å²) in [6.07, 6.45) is 0.0868. The Morgan fingerprint density at radius 1 is 1.20 bits per heavy atom. The van der Waals surface area contributed by atoms with Crippen LogP contribution >= 0.6 is 11.3 Å². The Morgan fingerprint density at radius 2 is 1.92 bits per heavy atom. The zero-order valence-corrected chi connectivity index (χ0v) is 14.6. The van der Waals surface area contributed by atoms with E-state index in [1.54, 1.807) is 11.9 Å². The van der Waals surface area contributed by atoms with Crippen molar-refractivity contribution in [2.75, 3.05) is 13.6 Å². The third-order valence-electron chi connectivity index (χ3n) is 3.17. The number of hydrazine groups is 1. The summed E-state index contributed by atoms with van der Waals surface area (Å²) < 4.78 is 26.0. The maximum atomic E-state index is 13.2. The first-order valence-corrected chi connectivity index (χ1v) is 8.32. The molecule has 0 aliphatic heterocycles. The minimum absolute atomic E-state index is 0.0182. The van der Waals surface area contributed by atoms with Gasteiger partial charge in [-0.05, 0) is 31.7 Å². The molecule has 2 rings (SSSR count). The molecule has 9 heteroatoms. The Labute approximate surface area is 147 Å². The molecule has 0 unspecified atom stereocenters. The van der Waals surface area contributed by atoms with Gasteiger partial charge >= 0.3 is 0 Å². The van der Waals surface area contributed by atoms with Crippen molar-refractivity contribution in [1.29, 1.82) is 0 Å². The van der Waals surface area contributed by atoms with E-state index < -0.39 is 17.5 Å². The molecular weight excluding hydrogens is 350 g/mol. The van der Waals surface area contributed by atoms with Crippen molar-refractivity contribution >= 4 is 23.2 Å². The number of aryl methyl sites for hydroxylation is 1. The van der Waals surface area contributed by atoms with Crippen LogP contribution in [0.15, 0.2) is 23.6 Å². The smallest absolute Gasteiger partial charge is 0.252 e. The topological polar surface area (TPSA) is 74.3 Å². The molecule has 25 heavy (non-hydrogen) atoms. The molecule has 2 aromatic rings. The number of hydrogen-bond acceptors (Lipinski definition) is 5. The van der Waals surface area contributed by atoms with E-state index in [1.165, 1.54) is 17.4 Å². The van der Waals surface area contributed by atoms with Crippen molar-refractivity contribution < 1.29 is 18.4 Å². The summed E-state index contributed by atoms with van der Waals surface area (Å²) in [7, 11) is 1.65. The van der Waals surface area contributed by atoms with Gasteiger partial charge in [0, 0.05) is 17.6 Å². The highest BCUT2D eigenvalue weighted by Gasteiger charge is 2.11. The summed E-state index contributed by atoms with van der Waals surface area (Å²) in [5.41, 5.74) is 6.01. The van der Waals surface area contributed by atoms with Gasteiger partial charge in [-0.2, -0.15) is 0 Å². The number of carbonyl (C=O) groups excluding carboxylic acids is 2. The van der Waals surface area contributed by atoms with E-state index in [2.05, 4.69) is 15.8 Å². The number of rotatable bonds is 6. The summed E-state index contributed by atoms with van der Waals surface area (Å²) in [5.74, 6) is -2.64. The fourth-order valence-corrected chi connectivity index (χ4v) is 2.87. The van der Waals surface area contributed by atoms with Gasteiger partial charge in [0.25, 0.3) is 5.91 Å². The quantitative estimate of drug-likeness (QED) is 0.759. The summed E-state index contributed by atoms with van der Waals surface area (Å²) in [4.78, 5) is 29.3. The largest absolute Gasteiger partial charge is 0.293 e. The third-order valence-corrected chi connectivity index (χ3v) is 4.14. The number of benzene rings is 1. The predicted molar refractivity (Wildman–Crippen MR) is 89.5 cm³/mol. The number of carbonyl (C=O) groups is 2. The van der Waals surface area contributed by atoms with Crippen LogP contribution in [0.25, 0.3) is 0 Å². The molecule has 1 heterocycles. The van der Waals surface area contributed by atoms with E-state index in [0.29, 0.717) is 10.6 Å². The highest BCUT2D eigenvalue weighted by molar-refractivity contribution is 7.09. The first kappa shape index (κ1) is 18.9. The van der Waals surface area contributed by atoms with Crippen LogP contribution in [-0.2, 0) is 22.6 Å². The van der Waals surface area contributed by atoms with Crippen LogP contribution < -0.4 is 10.9 Å². The Bertz CT molecular complexity index is 766. The maximum Gasteiger partial charge on any atom is 0.252 e. The Kier molecular flexibility index (Phi) is 6.54. The fourth-order valence-electron chi connectivity index (χ4n) is 2.10. The minimum Gasteiger partial charge on any atom is -0.293 e. The van der Waals surface area contributed by atoms with Gasteiger partial charge in [0.15, 0.2) is 11.6 Å². The summed E-state index contributed by atoms with van der Waals surface area (Å²) in [6, 6.07) is 3.57. The molecule has 0 spiro atoms. The molecule has 134 valence electrons. The molecule has 0 fully saturated rings. The molecule has 6 nitrogen and oxygen atoms in total. The van der Waals surface area contributed by atoms with Crippen LogP contribution in [0, 0.1) is 18.6 Å². The van der Waals surface area contributed by atoms with Crippen molar-refractivity contribution in [3.63, 3.8) is 0 Å². The number of hydrogen-bond donors (Lipinski definition) is 2. The number of nitrogens with zero attached hydrogens (tertiary/aromatic N) is 2. The molecule has 0 atom stereocenters. The lowest BCUT2D eigenvalue weighted by Crippen LogP contribution is -2.46. The number of nitrogens with one attached hydrogen (secondary N) is 2. The zero-order chi connectivity index (χ0) is 18.4. The van der Waals surface area contributed by atoms with Gasteiger partial charge in [0.2, 0.25) is 5.91 Å². The average molecular weight is 368 g/mol. The zero-order valence-electron chi connectivity index (χ0n) is 13.8. The van der Waals surface area contributed by atoms with Gasteiger partial charge < -0.3 is 0 Å². The SMILES string of the molecule is Cc1csc(CC(=O)NNC(=O)CN(C)Cc2ccc(F)c(F)c2)n1. The van der Waals surface area contributed by atoms with Crippen LogP contribution in [0.2, 0.25) is 0 Å². The average Bonchev–Trinajstić information content (AvgIpc) is 2.94. The predicted octanol–water partition coefficient (Wildman–Crippen LogP) is 1.55. The van der Waals surface area contributed by atoms with Crippen molar-refractivity contribution in [2.45, 2.75) is 19.9 Å². The van der Waals surface area contributed by atoms with Crippen LogP contribution in [0.3, 0.4) is 0 Å². The van der Waals surface area contributed by atoms with E-state index in [4.69, 9.17) is 0 Å². The first-order valence-electron chi connectivity index (χ1n) is 7.44. The van der Waals surface area contributed by atoms with Crippen LogP contribution in [0.5, 0.6) is 0 Å². The van der Waals surface area contributed by atoms with E-state index in [-0.39, 0.29) is 25.4 Å². The molecule has 2 amide bonds. The molecule has 0 aliphatic rings. The van der Waals surface area contributed by atoms with E-state index in [1.807, 2.05) is 12.3 Å². The van der Waals surface area contributed by atoms with Gasteiger partial charge in [-0.25, -0.2) is 13.8 Å². The van der Waals surface area contributed by atoms with Crippen molar-refractivity contribution in [1.82, 2.24) is 20.7 Å². The van der Waals surface area contributed by atoms with E-state index >= 15 is 0 Å².